The molecule has 0 aromatic heterocycles. The first-order valence-corrected chi connectivity index (χ1v) is 5.69. The van der Waals surface area contributed by atoms with Crippen LogP contribution in [-0.4, -0.2) is 23.3 Å². The van der Waals surface area contributed by atoms with E-state index >= 15 is 0 Å². The first-order valence-electron chi connectivity index (χ1n) is 5.69. The predicted molar refractivity (Wildman–Crippen MR) is 69.8 cm³/mol. The van der Waals surface area contributed by atoms with Gasteiger partial charge in [-0.3, -0.25) is 19.7 Å². The van der Waals surface area contributed by atoms with Gasteiger partial charge in [-0.2, -0.15) is 0 Å². The molecule has 7 heteroatoms. The average molecular weight is 265 g/mol. The van der Waals surface area contributed by atoms with Gasteiger partial charge in [0.15, 0.2) is 0 Å². The molecule has 0 spiro atoms. The molecule has 0 bridgehead atoms. The van der Waals surface area contributed by atoms with Crippen LogP contribution in [0.1, 0.15) is 18.9 Å². The Balaban J connectivity index is 2.65. The highest BCUT2D eigenvalue weighted by Gasteiger charge is 2.10. The molecule has 0 atom stereocenters. The smallest absolute Gasteiger partial charge is 0.271 e. The Bertz CT molecular complexity index is 514. The van der Waals surface area contributed by atoms with Crippen molar-refractivity contribution < 1.29 is 14.5 Å². The molecule has 2 amide bonds. The SMILES string of the molecule is CC(=O)NCCC(=O)Nc1cc([N+](=O)[O-])ccc1C. The van der Waals surface area contributed by atoms with E-state index in [1.807, 2.05) is 0 Å². The van der Waals surface area contributed by atoms with Crippen LogP contribution in [0.3, 0.4) is 0 Å². The fraction of sp³-hybridized carbons (Fsp3) is 0.333. The number of nitrogens with zero attached hydrogens (tertiary/aromatic N) is 1. The molecule has 0 aliphatic heterocycles. The number of aryl methyl sites for hydroxylation is 1. The van der Waals surface area contributed by atoms with Crippen LogP contribution in [-0.2, 0) is 9.59 Å². The third kappa shape index (κ3) is 4.74. The maximum Gasteiger partial charge on any atom is 0.271 e. The Morgan fingerprint density at radius 3 is 2.63 bits per heavy atom. The van der Waals surface area contributed by atoms with Crippen LogP contribution in [0.4, 0.5) is 11.4 Å². The standard InChI is InChI=1S/C12H15N3O4/c1-8-3-4-10(15(18)19)7-11(8)14-12(17)5-6-13-9(2)16/h3-4,7H,5-6H2,1-2H3,(H,13,16)(H,14,17). The highest BCUT2D eigenvalue weighted by molar-refractivity contribution is 5.92. The predicted octanol–water partition coefficient (Wildman–Crippen LogP) is 1.37. The van der Waals surface area contributed by atoms with E-state index in [9.17, 15) is 19.7 Å². The largest absolute Gasteiger partial charge is 0.356 e. The van der Waals surface area contributed by atoms with Gasteiger partial charge in [-0.1, -0.05) is 6.07 Å². The molecule has 7 nitrogen and oxygen atoms in total. The molecule has 1 aromatic carbocycles. The normalized spacial score (nSPS) is 9.79. The molecule has 2 N–H and O–H groups in total. The average Bonchev–Trinajstić information content (AvgIpc) is 2.31. The quantitative estimate of drug-likeness (QED) is 0.620. The molecule has 0 saturated carbocycles. The van der Waals surface area contributed by atoms with E-state index in [0.717, 1.165) is 5.56 Å². The van der Waals surface area contributed by atoms with Crippen LogP contribution >= 0.6 is 0 Å². The zero-order valence-corrected chi connectivity index (χ0v) is 10.7. The van der Waals surface area contributed by atoms with Crippen molar-refractivity contribution in [2.45, 2.75) is 20.3 Å². The summed E-state index contributed by atoms with van der Waals surface area (Å²) < 4.78 is 0. The summed E-state index contributed by atoms with van der Waals surface area (Å²) in [5, 5.41) is 15.7. The second-order valence-corrected chi connectivity index (χ2v) is 4.04. The molecule has 0 saturated heterocycles. The fourth-order valence-corrected chi connectivity index (χ4v) is 1.42. The lowest BCUT2D eigenvalue weighted by Crippen LogP contribution is -2.25. The zero-order valence-electron chi connectivity index (χ0n) is 10.7. The molecule has 0 aliphatic rings. The Morgan fingerprint density at radius 2 is 2.05 bits per heavy atom. The summed E-state index contributed by atoms with van der Waals surface area (Å²) in [6.07, 6.45) is 0.113. The van der Waals surface area contributed by atoms with E-state index in [4.69, 9.17) is 0 Å². The molecule has 0 aliphatic carbocycles. The summed E-state index contributed by atoms with van der Waals surface area (Å²) in [5.41, 5.74) is 1.06. The van der Waals surface area contributed by atoms with E-state index in [1.54, 1.807) is 13.0 Å². The Morgan fingerprint density at radius 1 is 1.37 bits per heavy atom. The zero-order chi connectivity index (χ0) is 14.4. The highest BCUT2D eigenvalue weighted by atomic mass is 16.6. The van der Waals surface area contributed by atoms with E-state index in [2.05, 4.69) is 10.6 Å². The van der Waals surface area contributed by atoms with Crippen LogP contribution in [0.2, 0.25) is 0 Å². The van der Waals surface area contributed by atoms with Crippen LogP contribution in [0.25, 0.3) is 0 Å². The molecule has 102 valence electrons. The summed E-state index contributed by atoms with van der Waals surface area (Å²) >= 11 is 0. The number of carbonyl (C=O) groups excluding carboxylic acids is 2. The van der Waals surface area contributed by atoms with Crippen LogP contribution in [0, 0.1) is 17.0 Å². The molecule has 0 fully saturated rings. The summed E-state index contributed by atoms with van der Waals surface area (Å²) in [7, 11) is 0. The van der Waals surface area contributed by atoms with Crippen molar-refractivity contribution in [3.63, 3.8) is 0 Å². The fourth-order valence-electron chi connectivity index (χ4n) is 1.42. The molecule has 0 radical (unpaired) electrons. The minimum absolute atomic E-state index is 0.0808. The Labute approximate surface area is 110 Å². The van der Waals surface area contributed by atoms with E-state index in [0.29, 0.717) is 5.69 Å². The van der Waals surface area contributed by atoms with Crippen LogP contribution in [0.15, 0.2) is 18.2 Å². The first kappa shape index (κ1) is 14.6. The summed E-state index contributed by atoms with van der Waals surface area (Å²) in [5.74, 6) is -0.517. The lowest BCUT2D eigenvalue weighted by molar-refractivity contribution is -0.384. The molecule has 0 heterocycles. The summed E-state index contributed by atoms with van der Waals surface area (Å²) in [6.45, 7) is 3.34. The number of non-ortho nitro benzene ring substituents is 1. The molecule has 0 unspecified atom stereocenters. The third-order valence-electron chi connectivity index (χ3n) is 2.43. The monoisotopic (exact) mass is 265 g/mol. The number of benzene rings is 1. The second kappa shape index (κ2) is 6.48. The summed E-state index contributed by atoms with van der Waals surface area (Å²) in [4.78, 5) is 32.4. The van der Waals surface area contributed by atoms with Gasteiger partial charge in [-0.05, 0) is 12.5 Å². The van der Waals surface area contributed by atoms with E-state index < -0.39 is 4.92 Å². The van der Waals surface area contributed by atoms with Gasteiger partial charge in [0.25, 0.3) is 5.69 Å². The third-order valence-corrected chi connectivity index (χ3v) is 2.43. The van der Waals surface area contributed by atoms with Crippen molar-refractivity contribution >= 4 is 23.2 Å². The lowest BCUT2D eigenvalue weighted by Gasteiger charge is -2.08. The number of rotatable bonds is 5. The minimum atomic E-state index is -0.521. The van der Waals surface area contributed by atoms with Gasteiger partial charge < -0.3 is 10.6 Å². The minimum Gasteiger partial charge on any atom is -0.356 e. The van der Waals surface area contributed by atoms with Gasteiger partial charge >= 0.3 is 0 Å². The number of carbonyl (C=O) groups is 2. The first-order chi connectivity index (χ1) is 8.90. The number of hydrogen-bond acceptors (Lipinski definition) is 4. The van der Waals surface area contributed by atoms with Crippen molar-refractivity contribution in [1.29, 1.82) is 0 Å². The Kier molecular flexibility index (Phi) is 4.99. The molecular weight excluding hydrogens is 250 g/mol. The van der Waals surface area contributed by atoms with Gasteiger partial charge in [0.05, 0.1) is 10.6 Å². The lowest BCUT2D eigenvalue weighted by atomic mass is 10.2. The number of nitrogens with one attached hydrogen (secondary N) is 2. The number of nitro groups is 1. The number of hydrogen-bond donors (Lipinski definition) is 2. The highest BCUT2D eigenvalue weighted by Crippen LogP contribution is 2.21. The van der Waals surface area contributed by atoms with E-state index in [1.165, 1.54) is 19.1 Å². The van der Waals surface area contributed by atoms with Gasteiger partial charge in [-0.15, -0.1) is 0 Å². The molecule has 1 rings (SSSR count). The second-order valence-electron chi connectivity index (χ2n) is 4.04. The number of nitro benzene ring substituents is 1. The molecule has 1 aromatic rings. The van der Waals surface area contributed by atoms with Crippen LogP contribution in [0.5, 0.6) is 0 Å². The van der Waals surface area contributed by atoms with E-state index in [-0.39, 0.29) is 30.5 Å². The maximum absolute atomic E-state index is 11.6. The topological polar surface area (TPSA) is 101 Å². The van der Waals surface area contributed by atoms with Gasteiger partial charge in [0.1, 0.15) is 0 Å². The van der Waals surface area contributed by atoms with Crippen molar-refractivity contribution in [3.05, 3.63) is 33.9 Å². The molecule has 19 heavy (non-hydrogen) atoms. The number of amides is 2. The van der Waals surface area contributed by atoms with Crippen molar-refractivity contribution in [2.75, 3.05) is 11.9 Å². The maximum atomic E-state index is 11.6. The Hall–Kier alpha value is -2.44. The van der Waals surface area contributed by atoms with Gasteiger partial charge in [0.2, 0.25) is 11.8 Å². The summed E-state index contributed by atoms with van der Waals surface area (Å²) in [6, 6.07) is 4.26. The molecular formula is C12H15N3O4. The van der Waals surface area contributed by atoms with Gasteiger partial charge in [0, 0.05) is 32.0 Å². The van der Waals surface area contributed by atoms with Crippen molar-refractivity contribution in [3.8, 4) is 0 Å². The van der Waals surface area contributed by atoms with Crippen LogP contribution < -0.4 is 10.6 Å². The van der Waals surface area contributed by atoms with Crippen molar-refractivity contribution in [1.82, 2.24) is 5.32 Å². The van der Waals surface area contributed by atoms with Crippen molar-refractivity contribution in [2.24, 2.45) is 0 Å². The number of anilines is 1. The van der Waals surface area contributed by atoms with Gasteiger partial charge in [-0.25, -0.2) is 0 Å².